The van der Waals surface area contributed by atoms with Crippen molar-refractivity contribution in [3.8, 4) is 0 Å². The van der Waals surface area contributed by atoms with Crippen molar-refractivity contribution in [2.75, 3.05) is 19.7 Å². The highest BCUT2D eigenvalue weighted by atomic mass is 35.5. The van der Waals surface area contributed by atoms with Crippen molar-refractivity contribution in [2.24, 2.45) is 11.3 Å². The first-order valence-electron chi connectivity index (χ1n) is 5.63. The first-order valence-corrected chi connectivity index (χ1v) is 6.06. The van der Waals surface area contributed by atoms with Gasteiger partial charge in [-0.3, -0.25) is 4.79 Å². The summed E-state index contributed by atoms with van der Waals surface area (Å²) >= 11 is 5.80. The van der Waals surface area contributed by atoms with Crippen LogP contribution in [0.15, 0.2) is 0 Å². The Morgan fingerprint density at radius 3 is 3.00 bits per heavy atom. The van der Waals surface area contributed by atoms with E-state index in [1.807, 2.05) is 4.90 Å². The summed E-state index contributed by atoms with van der Waals surface area (Å²) in [5.41, 5.74) is -0.0125. The average Bonchev–Trinajstić information content (AvgIpc) is 2.72. The Morgan fingerprint density at radius 2 is 2.47 bits per heavy atom. The minimum Gasteiger partial charge on any atom is -0.396 e. The Labute approximate surface area is 95.4 Å². The van der Waals surface area contributed by atoms with Gasteiger partial charge < -0.3 is 10.0 Å². The van der Waals surface area contributed by atoms with Crippen molar-refractivity contribution in [1.29, 1.82) is 0 Å². The summed E-state index contributed by atoms with van der Waals surface area (Å²) in [6.07, 6.45) is 3.37. The molecule has 2 aliphatic rings. The van der Waals surface area contributed by atoms with Gasteiger partial charge >= 0.3 is 0 Å². The van der Waals surface area contributed by atoms with Crippen molar-refractivity contribution in [3.63, 3.8) is 0 Å². The maximum atomic E-state index is 11.7. The molecule has 0 spiro atoms. The number of carbonyl (C=O) groups excluding carboxylic acids is 1. The molecule has 3 atom stereocenters. The zero-order chi connectivity index (χ0) is 11.1. The number of carbonyl (C=O) groups is 1. The van der Waals surface area contributed by atoms with Gasteiger partial charge in [-0.05, 0) is 25.7 Å². The number of aliphatic hydroxyl groups excluding tert-OH is 1. The third kappa shape index (κ3) is 1.76. The van der Waals surface area contributed by atoms with E-state index in [0.717, 1.165) is 19.4 Å². The normalized spacial score (nSPS) is 36.7. The lowest BCUT2D eigenvalue weighted by molar-refractivity contribution is -0.130. The minimum atomic E-state index is -0.445. The monoisotopic (exact) mass is 231 g/mol. The van der Waals surface area contributed by atoms with E-state index >= 15 is 0 Å². The van der Waals surface area contributed by atoms with E-state index in [4.69, 9.17) is 11.6 Å². The third-order valence-corrected chi connectivity index (χ3v) is 4.19. The zero-order valence-electron chi connectivity index (χ0n) is 9.08. The smallest absolute Gasteiger partial charge is 0.240 e. The van der Waals surface area contributed by atoms with E-state index in [0.29, 0.717) is 12.5 Å². The molecule has 1 amide bonds. The minimum absolute atomic E-state index is 0.0125. The quantitative estimate of drug-likeness (QED) is 0.727. The molecular formula is C11H18ClNO2. The zero-order valence-corrected chi connectivity index (χ0v) is 9.83. The summed E-state index contributed by atoms with van der Waals surface area (Å²) in [7, 11) is 0. The van der Waals surface area contributed by atoms with Crippen LogP contribution in [0.1, 0.15) is 26.2 Å². The molecule has 1 heterocycles. The van der Waals surface area contributed by atoms with Crippen LogP contribution in [0.4, 0.5) is 0 Å². The highest BCUT2D eigenvalue weighted by molar-refractivity contribution is 6.30. The summed E-state index contributed by atoms with van der Waals surface area (Å²) in [6, 6.07) is 0. The number of rotatable bonds is 2. The largest absolute Gasteiger partial charge is 0.396 e. The van der Waals surface area contributed by atoms with E-state index in [-0.39, 0.29) is 17.9 Å². The molecule has 1 saturated heterocycles. The molecule has 3 nitrogen and oxygen atoms in total. The van der Waals surface area contributed by atoms with Crippen molar-refractivity contribution in [2.45, 2.75) is 31.6 Å². The van der Waals surface area contributed by atoms with Crippen molar-refractivity contribution in [1.82, 2.24) is 4.90 Å². The van der Waals surface area contributed by atoms with Crippen LogP contribution >= 0.6 is 11.6 Å². The van der Waals surface area contributed by atoms with Crippen LogP contribution < -0.4 is 0 Å². The van der Waals surface area contributed by atoms with Gasteiger partial charge in [0.05, 0.1) is 6.61 Å². The molecule has 1 N–H and O–H groups in total. The molecular weight excluding hydrogens is 214 g/mol. The second-order valence-corrected chi connectivity index (χ2v) is 5.60. The molecule has 1 aliphatic carbocycles. The fourth-order valence-corrected chi connectivity index (χ4v) is 3.23. The Hall–Kier alpha value is -0.280. The predicted molar refractivity (Wildman–Crippen MR) is 58.8 cm³/mol. The molecule has 0 unspecified atom stereocenters. The molecule has 1 saturated carbocycles. The molecule has 1 aliphatic heterocycles. The van der Waals surface area contributed by atoms with Gasteiger partial charge in [0.25, 0.3) is 0 Å². The molecule has 2 rings (SSSR count). The Balaban J connectivity index is 2.08. The maximum Gasteiger partial charge on any atom is 0.240 e. The lowest BCUT2D eigenvalue weighted by Crippen LogP contribution is -2.37. The fourth-order valence-electron chi connectivity index (χ4n) is 3.09. The van der Waals surface area contributed by atoms with Crippen LogP contribution in [-0.4, -0.2) is 41.0 Å². The first kappa shape index (κ1) is 11.2. The number of halogens is 1. The van der Waals surface area contributed by atoms with Gasteiger partial charge in [-0.1, -0.05) is 6.42 Å². The van der Waals surface area contributed by atoms with Gasteiger partial charge in [-0.15, -0.1) is 11.6 Å². The van der Waals surface area contributed by atoms with E-state index in [9.17, 15) is 9.90 Å². The Morgan fingerprint density at radius 1 is 1.73 bits per heavy atom. The topological polar surface area (TPSA) is 40.5 Å². The number of alkyl halides is 1. The van der Waals surface area contributed by atoms with Gasteiger partial charge in [0, 0.05) is 18.5 Å². The number of nitrogens with zero attached hydrogens (tertiary/aromatic N) is 1. The van der Waals surface area contributed by atoms with Gasteiger partial charge in [-0.2, -0.15) is 0 Å². The summed E-state index contributed by atoms with van der Waals surface area (Å²) < 4.78 is 0. The molecule has 0 bridgehead atoms. The summed E-state index contributed by atoms with van der Waals surface area (Å²) in [6.45, 7) is 3.40. The van der Waals surface area contributed by atoms with E-state index in [2.05, 4.69) is 0 Å². The number of fused-ring (bicyclic) bond motifs is 1. The fraction of sp³-hybridized carbons (Fsp3) is 0.909. The van der Waals surface area contributed by atoms with E-state index < -0.39 is 5.38 Å². The third-order valence-electron chi connectivity index (χ3n) is 4.01. The summed E-state index contributed by atoms with van der Waals surface area (Å²) in [5.74, 6) is 0.501. The van der Waals surface area contributed by atoms with Crippen LogP contribution in [0.3, 0.4) is 0 Å². The summed E-state index contributed by atoms with van der Waals surface area (Å²) in [4.78, 5) is 13.6. The lowest BCUT2D eigenvalue weighted by atomic mass is 9.82. The number of hydrogen-bond acceptors (Lipinski definition) is 2. The van der Waals surface area contributed by atoms with Crippen LogP contribution in [0.2, 0.25) is 0 Å². The van der Waals surface area contributed by atoms with Gasteiger partial charge in [0.2, 0.25) is 5.91 Å². The number of likely N-dealkylation sites (tertiary alicyclic amines) is 1. The maximum absolute atomic E-state index is 11.7. The highest BCUT2D eigenvalue weighted by Crippen LogP contribution is 2.48. The first-order chi connectivity index (χ1) is 7.09. The van der Waals surface area contributed by atoms with Gasteiger partial charge in [0.1, 0.15) is 5.38 Å². The second kappa shape index (κ2) is 3.95. The summed E-state index contributed by atoms with van der Waals surface area (Å²) in [5, 5.41) is 9.05. The highest BCUT2D eigenvalue weighted by Gasteiger charge is 2.50. The molecule has 0 aromatic rings. The Bertz CT molecular complexity index is 269. The van der Waals surface area contributed by atoms with Crippen LogP contribution in [0.25, 0.3) is 0 Å². The number of amides is 1. The average molecular weight is 232 g/mol. The molecule has 0 radical (unpaired) electrons. The van der Waals surface area contributed by atoms with E-state index in [1.54, 1.807) is 6.92 Å². The van der Waals surface area contributed by atoms with Crippen LogP contribution in [-0.2, 0) is 4.79 Å². The van der Waals surface area contributed by atoms with Crippen LogP contribution in [0.5, 0.6) is 0 Å². The van der Waals surface area contributed by atoms with Gasteiger partial charge in [0.15, 0.2) is 0 Å². The molecule has 0 aromatic carbocycles. The SMILES string of the molecule is C[C@H](Cl)C(=O)N1C[C@H]2CCC[C@@]2(CO)C1. The van der Waals surface area contributed by atoms with Crippen molar-refractivity contribution in [3.05, 3.63) is 0 Å². The molecule has 86 valence electrons. The van der Waals surface area contributed by atoms with Crippen LogP contribution in [0, 0.1) is 11.3 Å². The molecule has 4 heteroatoms. The van der Waals surface area contributed by atoms with Gasteiger partial charge in [-0.25, -0.2) is 0 Å². The Kier molecular flexibility index (Phi) is 2.95. The molecule has 15 heavy (non-hydrogen) atoms. The standard InChI is InChI=1S/C11H18ClNO2/c1-8(12)10(15)13-5-9-3-2-4-11(9,6-13)7-14/h8-9,14H,2-7H2,1H3/t8-,9+,11-/m0/s1. The number of aliphatic hydroxyl groups is 1. The lowest BCUT2D eigenvalue weighted by Gasteiger charge is -2.26. The van der Waals surface area contributed by atoms with Crippen molar-refractivity contribution < 1.29 is 9.90 Å². The van der Waals surface area contributed by atoms with E-state index in [1.165, 1.54) is 6.42 Å². The second-order valence-electron chi connectivity index (χ2n) is 4.94. The molecule has 0 aromatic heterocycles. The predicted octanol–water partition coefficient (Wildman–Crippen LogP) is 1.23. The number of hydrogen-bond donors (Lipinski definition) is 1. The molecule has 2 fully saturated rings. The van der Waals surface area contributed by atoms with Crippen molar-refractivity contribution >= 4 is 17.5 Å².